The van der Waals surface area contributed by atoms with Gasteiger partial charge in [0, 0.05) is 34.7 Å². The minimum absolute atomic E-state index is 0.196. The van der Waals surface area contributed by atoms with Crippen molar-refractivity contribution in [1.29, 1.82) is 0 Å². The van der Waals surface area contributed by atoms with Gasteiger partial charge >= 0.3 is 0 Å². The van der Waals surface area contributed by atoms with Crippen LogP contribution in [0, 0.1) is 3.83 Å². The fourth-order valence-electron chi connectivity index (χ4n) is 3.90. The number of fused-ring (bicyclic) bond motifs is 3. The maximum Gasteiger partial charge on any atom is 0.299 e. The number of halogens is 1. The summed E-state index contributed by atoms with van der Waals surface area (Å²) in [5, 5.41) is 13.7. The molecule has 7 nitrogen and oxygen atoms in total. The molecule has 0 amide bonds. The van der Waals surface area contributed by atoms with Crippen LogP contribution >= 0.6 is 22.6 Å². The van der Waals surface area contributed by atoms with Gasteiger partial charge in [-0.15, -0.1) is 0 Å². The van der Waals surface area contributed by atoms with E-state index in [1.165, 1.54) is 0 Å². The molecule has 1 aliphatic heterocycles. The molecule has 3 heterocycles. The minimum atomic E-state index is -0.196. The van der Waals surface area contributed by atoms with Gasteiger partial charge in [0.1, 0.15) is 12.4 Å². The van der Waals surface area contributed by atoms with Crippen molar-refractivity contribution in [3.05, 3.63) is 57.9 Å². The lowest BCUT2D eigenvalue weighted by atomic mass is 10.0. The molecule has 2 aromatic carbocycles. The Balaban J connectivity index is 1.38. The Morgan fingerprint density at radius 2 is 1.94 bits per heavy atom. The van der Waals surface area contributed by atoms with E-state index in [1.807, 2.05) is 47.0 Å². The van der Waals surface area contributed by atoms with E-state index in [2.05, 4.69) is 56.7 Å². The molecule has 2 N–H and O–H groups in total. The van der Waals surface area contributed by atoms with Gasteiger partial charge in [-0.05, 0) is 43.5 Å². The van der Waals surface area contributed by atoms with Gasteiger partial charge in [-0.3, -0.25) is 4.57 Å². The maximum absolute atomic E-state index is 10.3. The standard InChI is InChI=1S/C23H22IN5O2/c1-23(2)13-31-22-26-18-19(27-21(24)28-20(18)29(22)23)25-11-10-14-8-9-17(30)16(12-14)15-6-4-3-5-7-15/h3-9,12,30H,10-11,13H2,1-2H3,(H,25,27,28). The fourth-order valence-corrected chi connectivity index (χ4v) is 4.37. The van der Waals surface area contributed by atoms with E-state index in [0.717, 1.165) is 34.3 Å². The molecule has 2 aromatic heterocycles. The molecule has 0 saturated carbocycles. The molecule has 0 atom stereocenters. The van der Waals surface area contributed by atoms with Crippen LogP contribution in [0.5, 0.6) is 11.8 Å². The Morgan fingerprint density at radius 1 is 1.13 bits per heavy atom. The number of aromatic hydroxyl groups is 1. The maximum atomic E-state index is 10.3. The molecule has 5 rings (SSSR count). The van der Waals surface area contributed by atoms with Crippen LogP contribution in [0.2, 0.25) is 0 Å². The summed E-state index contributed by atoms with van der Waals surface area (Å²) in [6.07, 6.45) is 0.776. The number of nitrogens with one attached hydrogen (secondary N) is 1. The molecule has 4 aromatic rings. The van der Waals surface area contributed by atoms with E-state index < -0.39 is 0 Å². The van der Waals surface area contributed by atoms with Crippen LogP contribution in [0.1, 0.15) is 19.4 Å². The molecule has 1 aliphatic rings. The summed E-state index contributed by atoms with van der Waals surface area (Å²) in [6.45, 7) is 5.48. The predicted octanol–water partition coefficient (Wildman–Crippen LogP) is 4.59. The van der Waals surface area contributed by atoms with Gasteiger partial charge in [0.05, 0.1) is 5.54 Å². The summed E-state index contributed by atoms with van der Waals surface area (Å²) in [6, 6.07) is 16.2. The van der Waals surface area contributed by atoms with Gasteiger partial charge in [0.25, 0.3) is 6.01 Å². The topological polar surface area (TPSA) is 85.1 Å². The molecular formula is C23H22IN5O2. The highest BCUT2D eigenvalue weighted by Gasteiger charge is 2.35. The Hall–Kier alpha value is -2.88. The number of hydrogen-bond donors (Lipinski definition) is 2. The second-order valence-electron chi connectivity index (χ2n) is 8.24. The van der Waals surface area contributed by atoms with Gasteiger partial charge < -0.3 is 15.2 Å². The van der Waals surface area contributed by atoms with Crippen LogP contribution in [-0.4, -0.2) is 37.8 Å². The summed E-state index contributed by atoms with van der Waals surface area (Å²) in [5.74, 6) is 0.989. The van der Waals surface area contributed by atoms with Crippen LogP contribution < -0.4 is 10.1 Å². The summed E-state index contributed by atoms with van der Waals surface area (Å²) < 4.78 is 8.47. The molecular weight excluding hydrogens is 505 g/mol. The average Bonchev–Trinajstić information content (AvgIpc) is 3.27. The van der Waals surface area contributed by atoms with Crippen molar-refractivity contribution in [2.24, 2.45) is 0 Å². The van der Waals surface area contributed by atoms with Crippen molar-refractivity contribution >= 4 is 39.6 Å². The number of phenolic OH excluding ortho intramolecular Hbond substituents is 1. The summed E-state index contributed by atoms with van der Waals surface area (Å²) >= 11 is 2.13. The zero-order valence-electron chi connectivity index (χ0n) is 17.3. The van der Waals surface area contributed by atoms with Crippen molar-refractivity contribution in [3.8, 4) is 22.9 Å². The number of imidazole rings is 1. The van der Waals surface area contributed by atoms with Crippen LogP contribution in [0.4, 0.5) is 5.82 Å². The smallest absolute Gasteiger partial charge is 0.299 e. The third-order valence-corrected chi connectivity index (χ3v) is 5.94. The fraction of sp³-hybridized carbons (Fsp3) is 0.261. The first-order valence-corrected chi connectivity index (χ1v) is 11.2. The summed E-state index contributed by atoms with van der Waals surface area (Å²) in [5.41, 5.74) is 4.27. The average molecular weight is 527 g/mol. The predicted molar refractivity (Wildman–Crippen MR) is 129 cm³/mol. The van der Waals surface area contributed by atoms with Gasteiger partial charge in [-0.1, -0.05) is 36.4 Å². The van der Waals surface area contributed by atoms with E-state index >= 15 is 0 Å². The number of benzene rings is 2. The highest BCUT2D eigenvalue weighted by molar-refractivity contribution is 14.1. The van der Waals surface area contributed by atoms with Crippen molar-refractivity contribution in [2.75, 3.05) is 18.5 Å². The first kappa shape index (κ1) is 20.0. The molecule has 0 radical (unpaired) electrons. The van der Waals surface area contributed by atoms with Crippen LogP contribution in [-0.2, 0) is 12.0 Å². The first-order chi connectivity index (χ1) is 14.9. The molecule has 158 valence electrons. The molecule has 0 aliphatic carbocycles. The van der Waals surface area contributed by atoms with E-state index in [9.17, 15) is 5.11 Å². The lowest BCUT2D eigenvalue weighted by molar-refractivity contribution is 0.268. The second kappa shape index (κ2) is 7.67. The lowest BCUT2D eigenvalue weighted by Crippen LogP contribution is -2.26. The highest BCUT2D eigenvalue weighted by Crippen LogP contribution is 2.36. The Kier molecular flexibility index (Phi) is 4.96. The van der Waals surface area contributed by atoms with Gasteiger partial charge in [-0.25, -0.2) is 9.97 Å². The third kappa shape index (κ3) is 3.69. The van der Waals surface area contributed by atoms with Crippen LogP contribution in [0.15, 0.2) is 48.5 Å². The number of aromatic nitrogens is 4. The Bertz CT molecular complexity index is 1270. The van der Waals surface area contributed by atoms with Gasteiger partial charge in [-0.2, -0.15) is 4.98 Å². The SMILES string of the molecule is CC1(C)COc2nc3c(NCCc4ccc(O)c(-c5ccccc5)c4)nc(I)nc3n21. The number of nitrogens with zero attached hydrogens (tertiary/aromatic N) is 4. The third-order valence-electron chi connectivity index (χ3n) is 5.46. The second-order valence-corrected chi connectivity index (χ2v) is 9.20. The number of rotatable bonds is 5. The molecule has 0 bridgehead atoms. The lowest BCUT2D eigenvalue weighted by Gasteiger charge is -2.18. The van der Waals surface area contributed by atoms with E-state index in [-0.39, 0.29) is 11.3 Å². The van der Waals surface area contributed by atoms with Gasteiger partial charge in [0.2, 0.25) is 0 Å². The van der Waals surface area contributed by atoms with E-state index in [1.54, 1.807) is 6.07 Å². The van der Waals surface area contributed by atoms with Crippen molar-refractivity contribution in [1.82, 2.24) is 19.5 Å². The highest BCUT2D eigenvalue weighted by atomic mass is 127. The number of hydrogen-bond acceptors (Lipinski definition) is 6. The molecule has 0 spiro atoms. The van der Waals surface area contributed by atoms with E-state index in [0.29, 0.717) is 28.8 Å². The van der Waals surface area contributed by atoms with Crippen molar-refractivity contribution < 1.29 is 9.84 Å². The van der Waals surface area contributed by atoms with Crippen LogP contribution in [0.3, 0.4) is 0 Å². The quantitative estimate of drug-likeness (QED) is 0.292. The van der Waals surface area contributed by atoms with E-state index in [4.69, 9.17) is 4.74 Å². The van der Waals surface area contributed by atoms with Crippen LogP contribution in [0.25, 0.3) is 22.3 Å². The number of ether oxygens (including phenoxy) is 1. The monoisotopic (exact) mass is 527 g/mol. The Labute approximate surface area is 193 Å². The van der Waals surface area contributed by atoms with Crippen molar-refractivity contribution in [2.45, 2.75) is 25.8 Å². The van der Waals surface area contributed by atoms with Crippen molar-refractivity contribution in [3.63, 3.8) is 0 Å². The molecule has 0 fully saturated rings. The summed E-state index contributed by atoms with van der Waals surface area (Å²) in [4.78, 5) is 13.8. The molecule has 8 heteroatoms. The normalized spacial score (nSPS) is 14.4. The molecule has 31 heavy (non-hydrogen) atoms. The summed E-state index contributed by atoms with van der Waals surface area (Å²) in [7, 11) is 0. The first-order valence-electron chi connectivity index (χ1n) is 10.1. The van der Waals surface area contributed by atoms with Gasteiger partial charge in [0.15, 0.2) is 20.8 Å². The largest absolute Gasteiger partial charge is 0.507 e. The Morgan fingerprint density at radius 3 is 2.74 bits per heavy atom. The molecule has 0 saturated heterocycles. The zero-order chi connectivity index (χ0) is 21.6. The number of anilines is 1. The number of phenols is 1. The molecule has 0 unspecified atom stereocenters. The zero-order valence-corrected chi connectivity index (χ0v) is 19.4. The minimum Gasteiger partial charge on any atom is -0.507 e.